The minimum absolute atomic E-state index is 0.0411. The van der Waals surface area contributed by atoms with Gasteiger partial charge in [-0.15, -0.1) is 0 Å². The van der Waals surface area contributed by atoms with Gasteiger partial charge in [0.25, 0.3) is 11.8 Å². The van der Waals surface area contributed by atoms with Crippen LogP contribution >= 0.6 is 0 Å². The molecule has 0 N–H and O–H groups in total. The molecule has 0 unspecified atom stereocenters. The van der Waals surface area contributed by atoms with E-state index in [4.69, 9.17) is 9.15 Å². The molecule has 2 aliphatic heterocycles. The van der Waals surface area contributed by atoms with E-state index >= 15 is 0 Å². The van der Waals surface area contributed by atoms with Crippen molar-refractivity contribution >= 4 is 23.2 Å². The highest BCUT2D eigenvalue weighted by Gasteiger charge is 2.32. The predicted molar refractivity (Wildman–Crippen MR) is 138 cm³/mol. The standard InChI is InChI=1S/C28H29F3N4O4/c1-27(2,3)18-7-8-23-22(14-18)35(25(36)17-38-23)15-24-32-21(16-39-24)26(37)34-11-9-33(10-12-34)20-6-4-5-19(13-20)28(29,30)31/h4-8,13-14,16H,9-12,15,17H2,1-3H3. The van der Waals surface area contributed by atoms with Gasteiger partial charge >= 0.3 is 6.18 Å². The van der Waals surface area contributed by atoms with E-state index in [1.165, 1.54) is 12.3 Å². The van der Waals surface area contributed by atoms with Gasteiger partial charge in [0, 0.05) is 31.9 Å². The molecule has 0 radical (unpaired) electrons. The van der Waals surface area contributed by atoms with Crippen molar-refractivity contribution in [1.29, 1.82) is 0 Å². The van der Waals surface area contributed by atoms with E-state index in [1.54, 1.807) is 15.9 Å². The Balaban J connectivity index is 1.25. The van der Waals surface area contributed by atoms with E-state index in [-0.39, 0.29) is 42.0 Å². The topological polar surface area (TPSA) is 79.1 Å². The first-order valence-corrected chi connectivity index (χ1v) is 12.6. The number of amides is 2. The molecule has 0 spiro atoms. The number of hydrogen-bond acceptors (Lipinski definition) is 6. The number of hydrogen-bond donors (Lipinski definition) is 0. The van der Waals surface area contributed by atoms with E-state index in [0.29, 0.717) is 43.3 Å². The van der Waals surface area contributed by atoms with Gasteiger partial charge in [-0.05, 0) is 41.3 Å². The second-order valence-electron chi connectivity index (χ2n) is 10.7. The van der Waals surface area contributed by atoms with Crippen molar-refractivity contribution in [3.05, 3.63) is 71.4 Å². The molecular formula is C28H29F3N4O4. The number of alkyl halides is 3. The second-order valence-corrected chi connectivity index (χ2v) is 10.7. The molecule has 39 heavy (non-hydrogen) atoms. The maximum Gasteiger partial charge on any atom is 0.416 e. The van der Waals surface area contributed by atoms with Crippen LogP contribution in [-0.4, -0.2) is 54.5 Å². The van der Waals surface area contributed by atoms with E-state index in [2.05, 4.69) is 25.8 Å². The smallest absolute Gasteiger partial charge is 0.416 e. The number of benzene rings is 2. The first-order chi connectivity index (χ1) is 18.4. The van der Waals surface area contributed by atoms with Crippen LogP contribution in [0.25, 0.3) is 0 Å². The summed E-state index contributed by atoms with van der Waals surface area (Å²) in [4.78, 5) is 35.1. The van der Waals surface area contributed by atoms with Crippen LogP contribution in [0, 0.1) is 0 Å². The van der Waals surface area contributed by atoms with Crippen molar-refractivity contribution in [2.24, 2.45) is 0 Å². The number of aromatic nitrogens is 1. The number of nitrogens with zero attached hydrogens (tertiary/aromatic N) is 4. The van der Waals surface area contributed by atoms with E-state index in [9.17, 15) is 22.8 Å². The molecule has 2 amide bonds. The summed E-state index contributed by atoms with van der Waals surface area (Å²) in [5, 5.41) is 0. The van der Waals surface area contributed by atoms with Crippen molar-refractivity contribution in [3.8, 4) is 5.75 Å². The molecule has 3 heterocycles. The van der Waals surface area contributed by atoms with Gasteiger partial charge in [-0.1, -0.05) is 32.9 Å². The fourth-order valence-electron chi connectivity index (χ4n) is 4.67. The minimum Gasteiger partial charge on any atom is -0.482 e. The summed E-state index contributed by atoms with van der Waals surface area (Å²) < 4.78 is 50.4. The maximum absolute atomic E-state index is 13.1. The van der Waals surface area contributed by atoms with Crippen molar-refractivity contribution in [1.82, 2.24) is 9.88 Å². The number of anilines is 2. The number of ether oxygens (including phenoxy) is 1. The lowest BCUT2D eigenvalue weighted by atomic mass is 9.86. The summed E-state index contributed by atoms with van der Waals surface area (Å²) in [5.41, 5.74) is 1.40. The number of fused-ring (bicyclic) bond motifs is 1. The van der Waals surface area contributed by atoms with Gasteiger partial charge in [0.1, 0.15) is 18.6 Å². The highest BCUT2D eigenvalue weighted by atomic mass is 19.4. The molecule has 1 aromatic heterocycles. The van der Waals surface area contributed by atoms with Gasteiger partial charge in [-0.25, -0.2) is 4.98 Å². The van der Waals surface area contributed by atoms with Gasteiger partial charge in [-0.3, -0.25) is 14.5 Å². The summed E-state index contributed by atoms with van der Waals surface area (Å²) in [6.07, 6.45) is -3.14. The normalized spacial score (nSPS) is 16.3. The molecule has 0 bridgehead atoms. The zero-order chi connectivity index (χ0) is 27.9. The van der Waals surface area contributed by atoms with Crippen LogP contribution in [0.15, 0.2) is 53.1 Å². The largest absolute Gasteiger partial charge is 0.482 e. The maximum atomic E-state index is 13.1. The van der Waals surface area contributed by atoms with E-state index < -0.39 is 11.7 Å². The molecule has 2 aliphatic rings. The Labute approximate surface area is 224 Å². The van der Waals surface area contributed by atoms with Crippen LogP contribution in [0.5, 0.6) is 5.75 Å². The Bertz CT molecular complexity index is 1390. The fourth-order valence-corrected chi connectivity index (χ4v) is 4.67. The number of carbonyl (C=O) groups excluding carboxylic acids is 2. The molecule has 206 valence electrons. The summed E-state index contributed by atoms with van der Waals surface area (Å²) in [5.74, 6) is 0.218. The Kier molecular flexibility index (Phi) is 6.77. The lowest BCUT2D eigenvalue weighted by molar-refractivity contribution is -0.137. The third-order valence-corrected chi connectivity index (χ3v) is 6.94. The second kappa shape index (κ2) is 9.94. The molecule has 0 aliphatic carbocycles. The molecular weight excluding hydrogens is 513 g/mol. The molecule has 0 atom stereocenters. The molecule has 11 heteroatoms. The lowest BCUT2D eigenvalue weighted by Crippen LogP contribution is -2.49. The molecule has 8 nitrogen and oxygen atoms in total. The Morgan fingerprint density at radius 3 is 2.44 bits per heavy atom. The Morgan fingerprint density at radius 1 is 1.00 bits per heavy atom. The number of rotatable bonds is 4. The van der Waals surface area contributed by atoms with Crippen LogP contribution in [0.2, 0.25) is 0 Å². The van der Waals surface area contributed by atoms with Crippen molar-refractivity contribution < 1.29 is 31.9 Å². The van der Waals surface area contributed by atoms with Gasteiger partial charge in [0.15, 0.2) is 12.3 Å². The quantitative estimate of drug-likeness (QED) is 0.468. The summed E-state index contributed by atoms with van der Waals surface area (Å²) in [6.45, 7) is 7.58. The van der Waals surface area contributed by atoms with Crippen molar-refractivity contribution in [3.63, 3.8) is 0 Å². The zero-order valence-corrected chi connectivity index (χ0v) is 21.9. The van der Waals surface area contributed by atoms with Gasteiger partial charge in [0.05, 0.1) is 11.3 Å². The van der Waals surface area contributed by atoms with E-state index in [0.717, 1.165) is 17.7 Å². The predicted octanol–water partition coefficient (Wildman–Crippen LogP) is 4.88. The van der Waals surface area contributed by atoms with Crippen LogP contribution in [-0.2, 0) is 22.9 Å². The Morgan fingerprint density at radius 2 is 1.74 bits per heavy atom. The lowest BCUT2D eigenvalue weighted by Gasteiger charge is -2.36. The van der Waals surface area contributed by atoms with Gasteiger partial charge in [-0.2, -0.15) is 13.2 Å². The van der Waals surface area contributed by atoms with Gasteiger partial charge in [0.2, 0.25) is 5.89 Å². The van der Waals surface area contributed by atoms with Crippen molar-refractivity contribution in [2.45, 2.75) is 38.9 Å². The highest BCUT2D eigenvalue weighted by molar-refractivity contribution is 5.98. The van der Waals surface area contributed by atoms with Crippen LogP contribution in [0.4, 0.5) is 24.5 Å². The van der Waals surface area contributed by atoms with Crippen LogP contribution < -0.4 is 14.5 Å². The zero-order valence-electron chi connectivity index (χ0n) is 21.9. The first kappa shape index (κ1) is 26.6. The average Bonchev–Trinajstić information content (AvgIpc) is 3.37. The molecule has 1 saturated heterocycles. The van der Waals surface area contributed by atoms with Crippen LogP contribution in [0.3, 0.4) is 0 Å². The number of oxazole rings is 1. The SMILES string of the molecule is CC(C)(C)c1ccc2c(c1)N(Cc1nc(C(=O)N3CCN(c4cccc(C(F)(F)F)c4)CC3)co1)C(=O)CO2. The van der Waals surface area contributed by atoms with Crippen molar-refractivity contribution in [2.75, 3.05) is 42.6 Å². The summed E-state index contributed by atoms with van der Waals surface area (Å²) >= 11 is 0. The third kappa shape index (κ3) is 5.57. The molecule has 1 fully saturated rings. The number of halogens is 3. The number of piperazine rings is 1. The number of carbonyl (C=O) groups is 2. The van der Waals surface area contributed by atoms with E-state index in [1.807, 2.05) is 23.1 Å². The molecule has 3 aromatic rings. The first-order valence-electron chi connectivity index (χ1n) is 12.6. The average molecular weight is 543 g/mol. The molecule has 5 rings (SSSR count). The molecule has 2 aromatic carbocycles. The molecule has 0 saturated carbocycles. The fraction of sp³-hybridized carbons (Fsp3) is 0.393. The highest BCUT2D eigenvalue weighted by Crippen LogP contribution is 2.37. The summed E-state index contributed by atoms with van der Waals surface area (Å²) in [6, 6.07) is 10.9. The Hall–Kier alpha value is -4.02. The third-order valence-electron chi connectivity index (χ3n) is 6.94. The monoisotopic (exact) mass is 542 g/mol. The van der Waals surface area contributed by atoms with Gasteiger partial charge < -0.3 is 19.0 Å². The van der Waals surface area contributed by atoms with Crippen LogP contribution in [0.1, 0.15) is 48.3 Å². The summed E-state index contributed by atoms with van der Waals surface area (Å²) in [7, 11) is 0. The minimum atomic E-state index is -4.42.